The van der Waals surface area contributed by atoms with E-state index in [0.717, 1.165) is 12.8 Å². The maximum Gasteiger partial charge on any atom is 0.188 e. The standard InChI is InChI=1S/C15H21ClFN3O.HI/c16-12-7-6-10(8-13(12)17)14(21)9-19-15(18)20-11-4-2-1-3-5-11;/h6-8,11,14,21H,1-5,9H2,(H3,18,19,20);1H. The minimum absolute atomic E-state index is 0. The number of aliphatic hydroxyl groups excluding tert-OH is 1. The van der Waals surface area contributed by atoms with Crippen molar-refractivity contribution in [1.82, 2.24) is 5.32 Å². The summed E-state index contributed by atoms with van der Waals surface area (Å²) >= 11 is 5.61. The summed E-state index contributed by atoms with van der Waals surface area (Å²) in [5.74, 6) is -0.221. The van der Waals surface area contributed by atoms with Crippen LogP contribution in [0.1, 0.15) is 43.8 Å². The SMILES string of the molecule is I.NC(=NCC(O)c1ccc(Cl)c(F)c1)NC1CCCCC1. The van der Waals surface area contributed by atoms with Crippen molar-refractivity contribution < 1.29 is 9.50 Å². The number of benzene rings is 1. The third-order valence-electron chi connectivity index (χ3n) is 3.72. The molecule has 1 aromatic rings. The predicted molar refractivity (Wildman–Crippen MR) is 98.3 cm³/mol. The molecule has 0 heterocycles. The third-order valence-corrected chi connectivity index (χ3v) is 4.03. The molecule has 0 radical (unpaired) electrons. The number of hydrogen-bond donors (Lipinski definition) is 3. The quantitative estimate of drug-likeness (QED) is 0.381. The molecule has 124 valence electrons. The molecule has 4 N–H and O–H groups in total. The van der Waals surface area contributed by atoms with Crippen molar-refractivity contribution in [3.63, 3.8) is 0 Å². The Hall–Kier alpha value is -0.600. The zero-order valence-corrected chi connectivity index (χ0v) is 15.4. The maximum absolute atomic E-state index is 13.3. The molecule has 1 fully saturated rings. The van der Waals surface area contributed by atoms with Gasteiger partial charge in [-0.3, -0.25) is 4.99 Å². The van der Waals surface area contributed by atoms with E-state index in [1.807, 2.05) is 0 Å². The number of guanidine groups is 1. The second kappa shape index (κ2) is 9.52. The van der Waals surface area contributed by atoms with E-state index in [-0.39, 0.29) is 35.5 Å². The van der Waals surface area contributed by atoms with Gasteiger partial charge in [0.15, 0.2) is 5.96 Å². The molecule has 0 amide bonds. The number of hydrogen-bond acceptors (Lipinski definition) is 2. The van der Waals surface area contributed by atoms with Gasteiger partial charge in [0, 0.05) is 6.04 Å². The molecule has 2 rings (SSSR count). The van der Waals surface area contributed by atoms with Crippen LogP contribution in [0.3, 0.4) is 0 Å². The maximum atomic E-state index is 13.3. The Morgan fingerprint density at radius 3 is 2.73 bits per heavy atom. The Morgan fingerprint density at radius 2 is 2.09 bits per heavy atom. The molecule has 7 heteroatoms. The molecule has 0 bridgehead atoms. The molecule has 0 saturated heterocycles. The summed E-state index contributed by atoms with van der Waals surface area (Å²) in [4.78, 5) is 4.12. The largest absolute Gasteiger partial charge is 0.386 e. The Morgan fingerprint density at radius 1 is 1.41 bits per heavy atom. The number of aliphatic imine (C=N–C) groups is 1. The monoisotopic (exact) mass is 441 g/mol. The number of nitrogens with one attached hydrogen (secondary N) is 1. The first-order valence-corrected chi connectivity index (χ1v) is 7.63. The van der Waals surface area contributed by atoms with E-state index < -0.39 is 11.9 Å². The second-order valence-electron chi connectivity index (χ2n) is 5.39. The highest BCUT2D eigenvalue weighted by atomic mass is 127. The van der Waals surface area contributed by atoms with Crippen LogP contribution in [-0.4, -0.2) is 23.7 Å². The topological polar surface area (TPSA) is 70.6 Å². The normalized spacial score (nSPS) is 17.7. The van der Waals surface area contributed by atoms with Crippen molar-refractivity contribution in [2.75, 3.05) is 6.54 Å². The van der Waals surface area contributed by atoms with Crippen LogP contribution in [-0.2, 0) is 0 Å². The molecule has 1 aliphatic carbocycles. The lowest BCUT2D eigenvalue weighted by atomic mass is 9.96. The van der Waals surface area contributed by atoms with Gasteiger partial charge in [-0.2, -0.15) is 0 Å². The molecule has 4 nitrogen and oxygen atoms in total. The van der Waals surface area contributed by atoms with Crippen molar-refractivity contribution in [3.05, 3.63) is 34.6 Å². The van der Waals surface area contributed by atoms with Crippen LogP contribution in [0.5, 0.6) is 0 Å². The van der Waals surface area contributed by atoms with E-state index in [2.05, 4.69) is 10.3 Å². The summed E-state index contributed by atoms with van der Waals surface area (Å²) < 4.78 is 13.3. The van der Waals surface area contributed by atoms with Crippen molar-refractivity contribution in [3.8, 4) is 0 Å². The van der Waals surface area contributed by atoms with Gasteiger partial charge in [0.2, 0.25) is 0 Å². The minimum Gasteiger partial charge on any atom is -0.386 e. The van der Waals surface area contributed by atoms with Crippen LogP contribution >= 0.6 is 35.6 Å². The summed E-state index contributed by atoms with van der Waals surface area (Å²) in [7, 11) is 0. The number of halogens is 3. The highest BCUT2D eigenvalue weighted by Gasteiger charge is 2.14. The van der Waals surface area contributed by atoms with Crippen molar-refractivity contribution >= 4 is 41.5 Å². The van der Waals surface area contributed by atoms with E-state index in [9.17, 15) is 9.50 Å². The molecular formula is C15H22ClFIN3O. The first-order chi connectivity index (χ1) is 10.1. The number of aliphatic hydroxyl groups is 1. The lowest BCUT2D eigenvalue weighted by Gasteiger charge is -2.23. The van der Waals surface area contributed by atoms with E-state index in [0.29, 0.717) is 17.6 Å². The Labute approximate surface area is 152 Å². The van der Waals surface area contributed by atoms with Gasteiger partial charge in [-0.25, -0.2) is 4.39 Å². The summed E-state index contributed by atoms with van der Waals surface area (Å²) in [5, 5.41) is 13.2. The van der Waals surface area contributed by atoms with Crippen molar-refractivity contribution in [2.24, 2.45) is 10.7 Å². The predicted octanol–water partition coefficient (Wildman–Crippen LogP) is 3.37. The third kappa shape index (κ3) is 5.89. The van der Waals surface area contributed by atoms with Gasteiger partial charge in [-0.15, -0.1) is 24.0 Å². The summed E-state index contributed by atoms with van der Waals surface area (Å²) in [5.41, 5.74) is 6.25. The molecule has 1 aromatic carbocycles. The highest BCUT2D eigenvalue weighted by molar-refractivity contribution is 14.0. The van der Waals surface area contributed by atoms with Gasteiger partial charge in [0.25, 0.3) is 0 Å². The zero-order valence-electron chi connectivity index (χ0n) is 12.3. The Balaban J connectivity index is 0.00000242. The summed E-state index contributed by atoms with van der Waals surface area (Å²) in [6.45, 7) is 0.0899. The van der Waals surface area contributed by atoms with Crippen LogP contribution in [0.15, 0.2) is 23.2 Å². The fourth-order valence-electron chi connectivity index (χ4n) is 2.51. The van der Waals surface area contributed by atoms with Crippen LogP contribution < -0.4 is 11.1 Å². The molecule has 0 aliphatic heterocycles. The molecule has 1 unspecified atom stereocenters. The van der Waals surface area contributed by atoms with Gasteiger partial charge in [0.1, 0.15) is 5.82 Å². The molecule has 0 spiro atoms. The van der Waals surface area contributed by atoms with Crippen LogP contribution in [0, 0.1) is 5.82 Å². The van der Waals surface area contributed by atoms with Gasteiger partial charge in [-0.1, -0.05) is 36.9 Å². The lowest BCUT2D eigenvalue weighted by molar-refractivity contribution is 0.186. The van der Waals surface area contributed by atoms with E-state index >= 15 is 0 Å². The fraction of sp³-hybridized carbons (Fsp3) is 0.533. The van der Waals surface area contributed by atoms with Gasteiger partial charge < -0.3 is 16.2 Å². The molecule has 1 saturated carbocycles. The van der Waals surface area contributed by atoms with Crippen molar-refractivity contribution in [2.45, 2.75) is 44.2 Å². The van der Waals surface area contributed by atoms with Gasteiger partial charge in [-0.05, 0) is 30.5 Å². The molecular weight excluding hydrogens is 420 g/mol. The first kappa shape index (κ1) is 19.4. The van der Waals surface area contributed by atoms with Crippen LogP contribution in [0.2, 0.25) is 5.02 Å². The zero-order chi connectivity index (χ0) is 15.2. The van der Waals surface area contributed by atoms with Crippen molar-refractivity contribution in [1.29, 1.82) is 0 Å². The molecule has 22 heavy (non-hydrogen) atoms. The fourth-order valence-corrected chi connectivity index (χ4v) is 2.63. The van der Waals surface area contributed by atoms with E-state index in [1.54, 1.807) is 6.07 Å². The average Bonchev–Trinajstić information content (AvgIpc) is 2.48. The highest BCUT2D eigenvalue weighted by Crippen LogP contribution is 2.20. The Bertz CT molecular complexity index is 510. The second-order valence-corrected chi connectivity index (χ2v) is 5.80. The molecule has 1 aliphatic rings. The number of nitrogens with zero attached hydrogens (tertiary/aromatic N) is 1. The molecule has 0 aromatic heterocycles. The lowest BCUT2D eigenvalue weighted by Crippen LogP contribution is -2.41. The van der Waals surface area contributed by atoms with Gasteiger partial charge >= 0.3 is 0 Å². The summed E-state index contributed by atoms with van der Waals surface area (Å²) in [6.07, 6.45) is 4.98. The molecule has 1 atom stereocenters. The van der Waals surface area contributed by atoms with Crippen LogP contribution in [0.4, 0.5) is 4.39 Å². The van der Waals surface area contributed by atoms with Gasteiger partial charge in [0.05, 0.1) is 17.7 Å². The Kier molecular flexibility index (Phi) is 8.41. The minimum atomic E-state index is -0.900. The average molecular weight is 442 g/mol. The summed E-state index contributed by atoms with van der Waals surface area (Å²) in [6, 6.07) is 4.58. The van der Waals surface area contributed by atoms with E-state index in [1.165, 1.54) is 31.4 Å². The first-order valence-electron chi connectivity index (χ1n) is 7.25. The van der Waals surface area contributed by atoms with E-state index in [4.69, 9.17) is 17.3 Å². The smallest absolute Gasteiger partial charge is 0.188 e. The number of nitrogens with two attached hydrogens (primary N) is 1. The number of rotatable bonds is 4. The van der Waals surface area contributed by atoms with Crippen LogP contribution in [0.25, 0.3) is 0 Å².